The standard InChI is InChI=1S/C21H23N7O2/c1-15-13-28(26-23-15)12-10-22-21(30)20-17-9-11-27(14-18(17)24-25-20)19(29)8-7-16-5-3-2-4-6-16/h2-8,13H,9-12,14H2,1H3,(H,22,30)(H,24,25). The molecule has 154 valence electrons. The average molecular weight is 405 g/mol. The Morgan fingerprint density at radius 3 is 2.87 bits per heavy atom. The number of rotatable bonds is 6. The number of amides is 2. The fourth-order valence-corrected chi connectivity index (χ4v) is 3.40. The van der Waals surface area contributed by atoms with Gasteiger partial charge >= 0.3 is 0 Å². The Labute approximate surface area is 173 Å². The van der Waals surface area contributed by atoms with Crippen molar-refractivity contribution in [3.8, 4) is 0 Å². The predicted molar refractivity (Wildman–Crippen MR) is 110 cm³/mol. The first-order chi connectivity index (χ1) is 14.6. The summed E-state index contributed by atoms with van der Waals surface area (Å²) >= 11 is 0. The highest BCUT2D eigenvalue weighted by atomic mass is 16.2. The van der Waals surface area contributed by atoms with Crippen LogP contribution in [0.15, 0.2) is 42.6 Å². The van der Waals surface area contributed by atoms with E-state index in [1.165, 1.54) is 0 Å². The van der Waals surface area contributed by atoms with E-state index in [2.05, 4.69) is 25.8 Å². The molecule has 0 spiro atoms. The first kappa shape index (κ1) is 19.6. The number of carbonyl (C=O) groups excluding carboxylic acids is 2. The van der Waals surface area contributed by atoms with Gasteiger partial charge in [-0.05, 0) is 25.0 Å². The largest absolute Gasteiger partial charge is 0.349 e. The molecule has 2 amide bonds. The molecule has 0 saturated carbocycles. The van der Waals surface area contributed by atoms with Crippen molar-refractivity contribution in [1.82, 2.24) is 35.4 Å². The topological polar surface area (TPSA) is 109 Å². The molecule has 9 nitrogen and oxygen atoms in total. The molecule has 3 aromatic rings. The molecule has 0 bridgehead atoms. The lowest BCUT2D eigenvalue weighted by atomic mass is 10.0. The molecule has 2 aromatic heterocycles. The molecule has 1 aliphatic rings. The van der Waals surface area contributed by atoms with Crippen molar-refractivity contribution in [2.24, 2.45) is 0 Å². The second-order valence-corrected chi connectivity index (χ2v) is 7.16. The molecule has 1 aliphatic heterocycles. The van der Waals surface area contributed by atoms with E-state index in [1.807, 2.05) is 43.5 Å². The lowest BCUT2D eigenvalue weighted by molar-refractivity contribution is -0.126. The average Bonchev–Trinajstić information content (AvgIpc) is 3.38. The van der Waals surface area contributed by atoms with E-state index in [-0.39, 0.29) is 11.8 Å². The number of benzene rings is 1. The fourth-order valence-electron chi connectivity index (χ4n) is 3.40. The SMILES string of the molecule is Cc1cn(CCNC(=O)c2n[nH]c3c2CCN(C(=O)C=Cc2ccccc2)C3)nn1. The van der Waals surface area contributed by atoms with Crippen molar-refractivity contribution in [1.29, 1.82) is 0 Å². The number of aromatic amines is 1. The maximum Gasteiger partial charge on any atom is 0.272 e. The molecule has 1 aromatic carbocycles. The Bertz CT molecular complexity index is 1070. The van der Waals surface area contributed by atoms with Gasteiger partial charge in [0.25, 0.3) is 5.91 Å². The van der Waals surface area contributed by atoms with Gasteiger partial charge in [0.1, 0.15) is 0 Å². The van der Waals surface area contributed by atoms with Crippen LogP contribution in [0.1, 0.15) is 33.0 Å². The Morgan fingerprint density at radius 1 is 1.27 bits per heavy atom. The molecule has 30 heavy (non-hydrogen) atoms. The molecule has 2 N–H and O–H groups in total. The molecule has 0 aliphatic carbocycles. The van der Waals surface area contributed by atoms with E-state index in [0.717, 1.165) is 22.5 Å². The van der Waals surface area contributed by atoms with Crippen molar-refractivity contribution in [3.05, 3.63) is 70.8 Å². The first-order valence-electron chi connectivity index (χ1n) is 9.83. The summed E-state index contributed by atoms with van der Waals surface area (Å²) < 4.78 is 1.68. The number of nitrogens with zero attached hydrogens (tertiary/aromatic N) is 5. The zero-order valence-electron chi connectivity index (χ0n) is 16.7. The van der Waals surface area contributed by atoms with Crippen LogP contribution in [-0.4, -0.2) is 55.0 Å². The summed E-state index contributed by atoms with van der Waals surface area (Å²) in [5.41, 5.74) is 3.89. The van der Waals surface area contributed by atoms with E-state index in [9.17, 15) is 9.59 Å². The summed E-state index contributed by atoms with van der Waals surface area (Å²) in [5, 5.41) is 17.8. The second kappa shape index (κ2) is 8.73. The lowest BCUT2D eigenvalue weighted by Crippen LogP contribution is -2.35. The van der Waals surface area contributed by atoms with Crippen molar-refractivity contribution < 1.29 is 9.59 Å². The molecular formula is C21H23N7O2. The van der Waals surface area contributed by atoms with Gasteiger partial charge < -0.3 is 10.2 Å². The molecule has 0 atom stereocenters. The quantitative estimate of drug-likeness (QED) is 0.602. The van der Waals surface area contributed by atoms with E-state index in [4.69, 9.17) is 0 Å². The minimum absolute atomic E-state index is 0.0618. The smallest absolute Gasteiger partial charge is 0.272 e. The van der Waals surface area contributed by atoms with Crippen molar-refractivity contribution in [2.75, 3.05) is 13.1 Å². The Hall–Kier alpha value is -3.75. The molecular weight excluding hydrogens is 382 g/mol. The highest BCUT2D eigenvalue weighted by Gasteiger charge is 2.26. The highest BCUT2D eigenvalue weighted by molar-refractivity contribution is 5.94. The minimum Gasteiger partial charge on any atom is -0.349 e. The van der Waals surface area contributed by atoms with E-state index in [1.54, 1.807) is 21.7 Å². The first-order valence-corrected chi connectivity index (χ1v) is 9.83. The summed E-state index contributed by atoms with van der Waals surface area (Å²) in [4.78, 5) is 26.8. The van der Waals surface area contributed by atoms with Crippen LogP contribution in [0.2, 0.25) is 0 Å². The number of hydrogen-bond donors (Lipinski definition) is 2. The van der Waals surface area contributed by atoms with Crippen LogP contribution in [-0.2, 0) is 24.3 Å². The number of aryl methyl sites for hydroxylation is 1. The maximum atomic E-state index is 12.5. The molecule has 0 unspecified atom stereocenters. The Kier molecular flexibility index (Phi) is 5.69. The van der Waals surface area contributed by atoms with Gasteiger partial charge in [-0.15, -0.1) is 5.10 Å². The van der Waals surface area contributed by atoms with E-state index >= 15 is 0 Å². The number of carbonyl (C=O) groups is 2. The number of aromatic nitrogens is 5. The third-order valence-electron chi connectivity index (χ3n) is 4.96. The summed E-state index contributed by atoms with van der Waals surface area (Å²) in [7, 11) is 0. The molecule has 0 saturated heterocycles. The van der Waals surface area contributed by atoms with Crippen LogP contribution < -0.4 is 5.32 Å². The Morgan fingerprint density at radius 2 is 2.10 bits per heavy atom. The van der Waals surface area contributed by atoms with Crippen molar-refractivity contribution >= 4 is 17.9 Å². The van der Waals surface area contributed by atoms with Gasteiger partial charge in [-0.3, -0.25) is 19.4 Å². The maximum absolute atomic E-state index is 12.5. The van der Waals surface area contributed by atoms with E-state index in [0.29, 0.717) is 38.3 Å². The number of hydrogen-bond acceptors (Lipinski definition) is 5. The van der Waals surface area contributed by atoms with Crippen LogP contribution in [0.4, 0.5) is 0 Å². The van der Waals surface area contributed by atoms with Crippen molar-refractivity contribution in [3.63, 3.8) is 0 Å². The second-order valence-electron chi connectivity index (χ2n) is 7.16. The summed E-state index contributed by atoms with van der Waals surface area (Å²) in [6, 6.07) is 9.69. The highest BCUT2D eigenvalue weighted by Crippen LogP contribution is 2.20. The van der Waals surface area contributed by atoms with Crippen LogP contribution in [0.25, 0.3) is 6.08 Å². The number of H-pyrrole nitrogens is 1. The molecule has 0 fully saturated rings. The van der Waals surface area contributed by atoms with Gasteiger partial charge in [-0.25, -0.2) is 0 Å². The third-order valence-corrected chi connectivity index (χ3v) is 4.96. The summed E-state index contributed by atoms with van der Waals surface area (Å²) in [5.74, 6) is -0.290. The monoisotopic (exact) mass is 405 g/mol. The van der Waals surface area contributed by atoms with Crippen LogP contribution in [0.5, 0.6) is 0 Å². The van der Waals surface area contributed by atoms with E-state index < -0.39 is 0 Å². The molecule has 4 rings (SSSR count). The lowest BCUT2D eigenvalue weighted by Gasteiger charge is -2.25. The van der Waals surface area contributed by atoms with Crippen LogP contribution in [0.3, 0.4) is 0 Å². The fraction of sp³-hybridized carbons (Fsp3) is 0.286. The van der Waals surface area contributed by atoms with Gasteiger partial charge in [0.05, 0.1) is 24.5 Å². The van der Waals surface area contributed by atoms with Gasteiger partial charge in [0.15, 0.2) is 5.69 Å². The zero-order valence-corrected chi connectivity index (χ0v) is 16.7. The number of fused-ring (bicyclic) bond motifs is 1. The van der Waals surface area contributed by atoms with Crippen LogP contribution >= 0.6 is 0 Å². The normalized spacial score (nSPS) is 13.4. The van der Waals surface area contributed by atoms with Gasteiger partial charge in [-0.2, -0.15) is 5.10 Å². The summed E-state index contributed by atoms with van der Waals surface area (Å²) in [6.07, 6.45) is 5.79. The van der Waals surface area contributed by atoms with Crippen LogP contribution in [0, 0.1) is 6.92 Å². The molecule has 0 radical (unpaired) electrons. The van der Waals surface area contributed by atoms with Gasteiger partial charge in [0, 0.05) is 30.9 Å². The minimum atomic E-state index is -0.229. The van der Waals surface area contributed by atoms with Gasteiger partial charge in [-0.1, -0.05) is 35.5 Å². The number of nitrogens with one attached hydrogen (secondary N) is 2. The molecule has 9 heteroatoms. The van der Waals surface area contributed by atoms with Crippen molar-refractivity contribution in [2.45, 2.75) is 26.4 Å². The zero-order chi connectivity index (χ0) is 20.9. The predicted octanol–water partition coefficient (Wildman–Crippen LogP) is 1.34. The van der Waals surface area contributed by atoms with Gasteiger partial charge in [0.2, 0.25) is 5.91 Å². The summed E-state index contributed by atoms with van der Waals surface area (Å²) in [6.45, 7) is 3.78. The Balaban J connectivity index is 1.33. The molecule has 3 heterocycles. The third kappa shape index (κ3) is 4.45.